The predicted octanol–water partition coefficient (Wildman–Crippen LogP) is 1.33. The summed E-state index contributed by atoms with van der Waals surface area (Å²) in [6.07, 6.45) is 3.23. The minimum absolute atomic E-state index is 0.0401. The van der Waals surface area contributed by atoms with Crippen LogP contribution >= 0.6 is 0 Å². The normalized spacial score (nSPS) is 10.9. The summed E-state index contributed by atoms with van der Waals surface area (Å²) in [6.45, 7) is 3.49. The first-order chi connectivity index (χ1) is 5.59. The van der Waals surface area contributed by atoms with Crippen LogP contribution in [-0.4, -0.2) is 15.6 Å². The van der Waals surface area contributed by atoms with E-state index in [2.05, 4.69) is 5.10 Å². The minimum Gasteiger partial charge on any atom is -0.295 e. The van der Waals surface area contributed by atoms with Crippen LogP contribution in [0.2, 0.25) is 0 Å². The van der Waals surface area contributed by atoms with E-state index in [9.17, 15) is 4.79 Å². The van der Waals surface area contributed by atoms with E-state index in [0.29, 0.717) is 0 Å². The number of allylic oxidation sites excluding steroid dienone is 1. The Balaban J connectivity index is 2.83. The molecule has 0 radical (unpaired) electrons. The second-order valence-electron chi connectivity index (χ2n) is 2.78. The number of aromatic nitrogens is 2. The van der Waals surface area contributed by atoms with Gasteiger partial charge < -0.3 is 0 Å². The van der Waals surface area contributed by atoms with Crippen molar-refractivity contribution in [3.8, 4) is 0 Å². The number of carbonyl (C=O) groups is 1. The summed E-state index contributed by atoms with van der Waals surface area (Å²) in [5.74, 6) is 0.0401. The molecule has 3 heteroatoms. The molecule has 0 bridgehead atoms. The fourth-order valence-corrected chi connectivity index (χ4v) is 0.873. The van der Waals surface area contributed by atoms with E-state index in [4.69, 9.17) is 0 Å². The molecule has 0 saturated carbocycles. The Labute approximate surface area is 71.7 Å². The Hall–Kier alpha value is -1.38. The van der Waals surface area contributed by atoms with Crippen LogP contribution in [0, 0.1) is 6.92 Å². The molecule has 0 unspecified atom stereocenters. The highest BCUT2D eigenvalue weighted by Gasteiger charge is 1.96. The molecule has 0 saturated heterocycles. The molecule has 0 amide bonds. The number of ketones is 1. The second-order valence-corrected chi connectivity index (χ2v) is 2.78. The van der Waals surface area contributed by atoms with Crippen molar-refractivity contribution in [3.05, 3.63) is 23.5 Å². The lowest BCUT2D eigenvalue weighted by Crippen LogP contribution is -1.92. The van der Waals surface area contributed by atoms with Crippen molar-refractivity contribution in [1.82, 2.24) is 9.78 Å². The van der Waals surface area contributed by atoms with E-state index in [-0.39, 0.29) is 5.78 Å². The lowest BCUT2D eigenvalue weighted by Gasteiger charge is -1.88. The van der Waals surface area contributed by atoms with Gasteiger partial charge in [0.2, 0.25) is 0 Å². The highest BCUT2D eigenvalue weighted by Crippen LogP contribution is 2.02. The molecule has 0 aliphatic rings. The molecule has 0 spiro atoms. The van der Waals surface area contributed by atoms with E-state index in [1.54, 1.807) is 10.8 Å². The van der Waals surface area contributed by atoms with Crippen molar-refractivity contribution < 1.29 is 4.79 Å². The molecule has 1 aromatic heterocycles. The Morgan fingerprint density at radius 2 is 2.33 bits per heavy atom. The number of nitrogens with zero attached hydrogens (tertiary/aromatic N) is 2. The number of hydrogen-bond acceptors (Lipinski definition) is 2. The van der Waals surface area contributed by atoms with Gasteiger partial charge in [0, 0.05) is 12.7 Å². The Kier molecular flexibility index (Phi) is 2.43. The molecule has 3 nitrogen and oxygen atoms in total. The van der Waals surface area contributed by atoms with E-state index in [1.807, 2.05) is 20.0 Å². The fourth-order valence-electron chi connectivity index (χ4n) is 0.873. The average molecular weight is 164 g/mol. The monoisotopic (exact) mass is 164 g/mol. The van der Waals surface area contributed by atoms with Gasteiger partial charge in [-0.05, 0) is 32.1 Å². The fraction of sp³-hybridized carbons (Fsp3) is 0.333. The number of hydrogen-bond donors (Lipinski definition) is 0. The van der Waals surface area contributed by atoms with Gasteiger partial charge in [0.1, 0.15) is 0 Å². The van der Waals surface area contributed by atoms with Gasteiger partial charge in [-0.2, -0.15) is 5.10 Å². The van der Waals surface area contributed by atoms with Gasteiger partial charge in [0.25, 0.3) is 0 Å². The largest absolute Gasteiger partial charge is 0.295 e. The van der Waals surface area contributed by atoms with Crippen molar-refractivity contribution in [3.63, 3.8) is 0 Å². The summed E-state index contributed by atoms with van der Waals surface area (Å²) in [6, 6.07) is 1.93. The van der Waals surface area contributed by atoms with Gasteiger partial charge in [0.15, 0.2) is 5.78 Å². The summed E-state index contributed by atoms with van der Waals surface area (Å²) in [7, 11) is 1.88. The number of rotatable bonds is 2. The predicted molar refractivity (Wildman–Crippen MR) is 47.7 cm³/mol. The molecular weight excluding hydrogens is 152 g/mol. The molecule has 0 fully saturated rings. The minimum atomic E-state index is 0.0401. The standard InChI is InChI=1S/C9H12N2O/c1-7-6-9(10-11(7)3)5-4-8(2)12/h4-6H,1-3H3/b5-4+. The van der Waals surface area contributed by atoms with Crippen molar-refractivity contribution in [2.24, 2.45) is 7.05 Å². The zero-order valence-corrected chi connectivity index (χ0v) is 7.53. The lowest BCUT2D eigenvalue weighted by molar-refractivity contribution is -0.112. The molecule has 1 rings (SSSR count). The molecule has 0 aliphatic carbocycles. The van der Waals surface area contributed by atoms with Gasteiger partial charge in [-0.3, -0.25) is 9.48 Å². The smallest absolute Gasteiger partial charge is 0.152 e. The van der Waals surface area contributed by atoms with Crippen LogP contribution in [0.4, 0.5) is 0 Å². The van der Waals surface area contributed by atoms with E-state index in [0.717, 1.165) is 11.4 Å². The third-order valence-electron chi connectivity index (χ3n) is 1.62. The van der Waals surface area contributed by atoms with Gasteiger partial charge in [-0.25, -0.2) is 0 Å². The maximum absolute atomic E-state index is 10.6. The third-order valence-corrected chi connectivity index (χ3v) is 1.62. The van der Waals surface area contributed by atoms with E-state index in [1.165, 1.54) is 13.0 Å². The molecule has 0 aliphatic heterocycles. The van der Waals surface area contributed by atoms with Crippen LogP contribution < -0.4 is 0 Å². The summed E-state index contributed by atoms with van der Waals surface area (Å²) < 4.78 is 1.78. The quantitative estimate of drug-likeness (QED) is 0.618. The first kappa shape index (κ1) is 8.71. The molecule has 0 aromatic carbocycles. The number of aryl methyl sites for hydroxylation is 2. The molecule has 0 atom stereocenters. The van der Waals surface area contributed by atoms with Crippen LogP contribution in [0.15, 0.2) is 12.1 Å². The van der Waals surface area contributed by atoms with Gasteiger partial charge in [-0.1, -0.05) is 0 Å². The molecule has 64 valence electrons. The van der Waals surface area contributed by atoms with Crippen molar-refractivity contribution in [2.75, 3.05) is 0 Å². The number of carbonyl (C=O) groups excluding carboxylic acids is 1. The average Bonchev–Trinajstić information content (AvgIpc) is 2.28. The molecular formula is C9H12N2O. The van der Waals surface area contributed by atoms with Crippen molar-refractivity contribution in [2.45, 2.75) is 13.8 Å². The van der Waals surface area contributed by atoms with Crippen LogP contribution in [0.25, 0.3) is 6.08 Å². The maximum Gasteiger partial charge on any atom is 0.152 e. The summed E-state index contributed by atoms with van der Waals surface area (Å²) in [5, 5.41) is 4.16. The second kappa shape index (κ2) is 3.34. The molecule has 1 heterocycles. The first-order valence-corrected chi connectivity index (χ1v) is 3.79. The lowest BCUT2D eigenvalue weighted by atomic mass is 10.3. The van der Waals surface area contributed by atoms with Crippen LogP contribution in [-0.2, 0) is 11.8 Å². The molecule has 12 heavy (non-hydrogen) atoms. The molecule has 1 aromatic rings. The molecule has 0 N–H and O–H groups in total. The van der Waals surface area contributed by atoms with Gasteiger partial charge in [0.05, 0.1) is 5.69 Å². The van der Waals surface area contributed by atoms with Crippen molar-refractivity contribution >= 4 is 11.9 Å². The van der Waals surface area contributed by atoms with Gasteiger partial charge >= 0.3 is 0 Å². The van der Waals surface area contributed by atoms with Crippen molar-refractivity contribution in [1.29, 1.82) is 0 Å². The van der Waals surface area contributed by atoms with Crippen LogP contribution in [0.1, 0.15) is 18.3 Å². The summed E-state index contributed by atoms with van der Waals surface area (Å²) in [5.41, 5.74) is 1.91. The first-order valence-electron chi connectivity index (χ1n) is 3.79. The zero-order valence-electron chi connectivity index (χ0n) is 7.53. The maximum atomic E-state index is 10.6. The van der Waals surface area contributed by atoms with Gasteiger partial charge in [-0.15, -0.1) is 0 Å². The van der Waals surface area contributed by atoms with Crippen LogP contribution in [0.3, 0.4) is 0 Å². The Bertz CT molecular complexity index is 304. The van der Waals surface area contributed by atoms with Crippen LogP contribution in [0.5, 0.6) is 0 Å². The van der Waals surface area contributed by atoms with E-state index >= 15 is 0 Å². The zero-order chi connectivity index (χ0) is 9.14. The summed E-state index contributed by atoms with van der Waals surface area (Å²) >= 11 is 0. The third kappa shape index (κ3) is 2.05. The Morgan fingerprint density at radius 3 is 2.75 bits per heavy atom. The highest BCUT2D eigenvalue weighted by molar-refractivity contribution is 5.91. The SMILES string of the molecule is CC(=O)/C=C/c1cc(C)n(C)n1. The highest BCUT2D eigenvalue weighted by atomic mass is 16.1. The van der Waals surface area contributed by atoms with E-state index < -0.39 is 0 Å². The summed E-state index contributed by atoms with van der Waals surface area (Å²) in [4.78, 5) is 10.6. The topological polar surface area (TPSA) is 34.9 Å². The Morgan fingerprint density at radius 1 is 1.67 bits per heavy atom.